The van der Waals surface area contributed by atoms with E-state index < -0.39 is 0 Å². The van der Waals surface area contributed by atoms with Gasteiger partial charge in [-0.15, -0.1) is 0 Å². The van der Waals surface area contributed by atoms with E-state index in [-0.39, 0.29) is 12.7 Å². The van der Waals surface area contributed by atoms with E-state index in [0.29, 0.717) is 5.57 Å². The molecule has 0 aliphatic carbocycles. The van der Waals surface area contributed by atoms with Crippen LogP contribution in [0.1, 0.15) is 6.92 Å². The zero-order valence-electron chi connectivity index (χ0n) is 8.12. The van der Waals surface area contributed by atoms with Crippen LogP contribution in [0.5, 0.6) is 0 Å². The first-order valence-electron chi connectivity index (χ1n) is 4.31. The summed E-state index contributed by atoms with van der Waals surface area (Å²) in [7, 11) is 0. The van der Waals surface area contributed by atoms with Gasteiger partial charge in [-0.2, -0.15) is 0 Å². The lowest BCUT2D eigenvalue weighted by molar-refractivity contribution is -0.138. The standard InChI is InChI=1S/C11H13NO2/c1-9(2)11(13)14-8-12-10-6-4-3-5-7-10/h3-7,12H,1,8H2,2H3. The van der Waals surface area contributed by atoms with Crippen molar-refractivity contribution in [2.24, 2.45) is 0 Å². The summed E-state index contributed by atoms with van der Waals surface area (Å²) < 4.78 is 4.86. The number of carbonyl (C=O) groups is 1. The molecule has 0 fully saturated rings. The number of nitrogens with one attached hydrogen (secondary N) is 1. The first kappa shape index (κ1) is 10.3. The molecule has 3 nitrogen and oxygen atoms in total. The first-order chi connectivity index (χ1) is 6.70. The van der Waals surface area contributed by atoms with Gasteiger partial charge in [0.2, 0.25) is 0 Å². The molecule has 0 radical (unpaired) electrons. The van der Waals surface area contributed by atoms with Gasteiger partial charge >= 0.3 is 5.97 Å². The molecular formula is C11H13NO2. The third-order valence-corrected chi connectivity index (χ3v) is 1.60. The Hall–Kier alpha value is -1.77. The number of anilines is 1. The van der Waals surface area contributed by atoms with Crippen molar-refractivity contribution in [3.63, 3.8) is 0 Å². The molecule has 0 aliphatic rings. The van der Waals surface area contributed by atoms with Gasteiger partial charge in [0.05, 0.1) is 0 Å². The van der Waals surface area contributed by atoms with E-state index in [2.05, 4.69) is 11.9 Å². The lowest BCUT2D eigenvalue weighted by Gasteiger charge is -2.06. The fourth-order valence-electron chi connectivity index (χ4n) is 0.864. The lowest BCUT2D eigenvalue weighted by atomic mass is 10.3. The molecule has 0 spiro atoms. The van der Waals surface area contributed by atoms with Gasteiger partial charge in [0.25, 0.3) is 0 Å². The number of carbonyl (C=O) groups excluding carboxylic acids is 1. The van der Waals surface area contributed by atoms with Gasteiger partial charge in [-0.05, 0) is 19.1 Å². The van der Waals surface area contributed by atoms with Gasteiger partial charge in [0, 0.05) is 11.3 Å². The molecule has 0 amide bonds. The topological polar surface area (TPSA) is 38.3 Å². The molecule has 0 aliphatic heterocycles. The zero-order valence-corrected chi connectivity index (χ0v) is 8.12. The van der Waals surface area contributed by atoms with Gasteiger partial charge in [-0.1, -0.05) is 24.8 Å². The van der Waals surface area contributed by atoms with Crippen LogP contribution in [0, 0.1) is 0 Å². The van der Waals surface area contributed by atoms with Crippen LogP contribution in [-0.2, 0) is 9.53 Å². The van der Waals surface area contributed by atoms with Crippen LogP contribution in [0.25, 0.3) is 0 Å². The Balaban J connectivity index is 2.29. The predicted molar refractivity (Wildman–Crippen MR) is 55.8 cm³/mol. The minimum atomic E-state index is -0.381. The van der Waals surface area contributed by atoms with Crippen molar-refractivity contribution in [1.29, 1.82) is 0 Å². The van der Waals surface area contributed by atoms with Gasteiger partial charge in [-0.25, -0.2) is 4.79 Å². The SMILES string of the molecule is C=C(C)C(=O)OCNc1ccccc1. The number of hydrogen-bond acceptors (Lipinski definition) is 3. The molecule has 1 aromatic rings. The van der Waals surface area contributed by atoms with Gasteiger partial charge in [0.1, 0.15) is 0 Å². The highest BCUT2D eigenvalue weighted by Crippen LogP contribution is 2.04. The second kappa shape index (κ2) is 5.07. The molecule has 0 heterocycles. The quantitative estimate of drug-likeness (QED) is 0.450. The summed E-state index contributed by atoms with van der Waals surface area (Å²) in [5, 5.41) is 2.95. The van der Waals surface area contributed by atoms with Crippen LogP contribution in [-0.4, -0.2) is 12.7 Å². The molecule has 1 rings (SSSR count). The van der Waals surface area contributed by atoms with E-state index in [9.17, 15) is 4.79 Å². The average Bonchev–Trinajstić information content (AvgIpc) is 2.19. The van der Waals surface area contributed by atoms with Crippen molar-refractivity contribution in [3.8, 4) is 0 Å². The Morgan fingerprint density at radius 1 is 1.43 bits per heavy atom. The second-order valence-electron chi connectivity index (χ2n) is 2.90. The Morgan fingerprint density at radius 3 is 2.64 bits per heavy atom. The van der Waals surface area contributed by atoms with Crippen LogP contribution < -0.4 is 5.32 Å². The Labute approximate surface area is 83.4 Å². The number of ether oxygens (including phenoxy) is 1. The molecule has 0 atom stereocenters. The number of rotatable bonds is 4. The molecule has 14 heavy (non-hydrogen) atoms. The third-order valence-electron chi connectivity index (χ3n) is 1.60. The van der Waals surface area contributed by atoms with Crippen LogP contribution in [0.3, 0.4) is 0 Å². The van der Waals surface area contributed by atoms with Crippen molar-refractivity contribution >= 4 is 11.7 Å². The largest absolute Gasteiger partial charge is 0.441 e. The number of benzene rings is 1. The zero-order chi connectivity index (χ0) is 10.4. The van der Waals surface area contributed by atoms with Gasteiger partial charge < -0.3 is 10.1 Å². The van der Waals surface area contributed by atoms with Crippen molar-refractivity contribution < 1.29 is 9.53 Å². The van der Waals surface area contributed by atoms with Crippen molar-refractivity contribution in [2.75, 3.05) is 12.0 Å². The van der Waals surface area contributed by atoms with Crippen LogP contribution >= 0.6 is 0 Å². The molecule has 1 aromatic carbocycles. The van der Waals surface area contributed by atoms with E-state index in [4.69, 9.17) is 4.74 Å². The summed E-state index contributed by atoms with van der Waals surface area (Å²) >= 11 is 0. The van der Waals surface area contributed by atoms with Crippen LogP contribution in [0.4, 0.5) is 5.69 Å². The summed E-state index contributed by atoms with van der Waals surface area (Å²) in [5.74, 6) is -0.381. The van der Waals surface area contributed by atoms with E-state index in [1.807, 2.05) is 30.3 Å². The molecule has 0 aromatic heterocycles. The summed E-state index contributed by atoms with van der Waals surface area (Å²) in [6.45, 7) is 5.26. The minimum Gasteiger partial charge on any atom is -0.441 e. The molecule has 0 bridgehead atoms. The van der Waals surface area contributed by atoms with Crippen molar-refractivity contribution in [1.82, 2.24) is 0 Å². The van der Waals surface area contributed by atoms with Crippen LogP contribution in [0.2, 0.25) is 0 Å². The molecule has 0 unspecified atom stereocenters. The van der Waals surface area contributed by atoms with E-state index in [1.54, 1.807) is 6.92 Å². The van der Waals surface area contributed by atoms with E-state index >= 15 is 0 Å². The number of esters is 1. The van der Waals surface area contributed by atoms with Crippen molar-refractivity contribution in [2.45, 2.75) is 6.92 Å². The maximum absolute atomic E-state index is 11.0. The Morgan fingerprint density at radius 2 is 2.07 bits per heavy atom. The molecule has 74 valence electrons. The second-order valence-corrected chi connectivity index (χ2v) is 2.90. The fraction of sp³-hybridized carbons (Fsp3) is 0.182. The molecule has 0 saturated heterocycles. The maximum atomic E-state index is 11.0. The average molecular weight is 191 g/mol. The van der Waals surface area contributed by atoms with Gasteiger partial charge in [-0.3, -0.25) is 0 Å². The Kier molecular flexibility index (Phi) is 3.73. The highest BCUT2D eigenvalue weighted by atomic mass is 16.5. The maximum Gasteiger partial charge on any atom is 0.334 e. The highest BCUT2D eigenvalue weighted by Gasteiger charge is 2.01. The predicted octanol–water partition coefficient (Wildman–Crippen LogP) is 2.18. The fourth-order valence-corrected chi connectivity index (χ4v) is 0.864. The molecule has 3 heteroatoms. The first-order valence-corrected chi connectivity index (χ1v) is 4.31. The third kappa shape index (κ3) is 3.31. The van der Waals surface area contributed by atoms with Crippen molar-refractivity contribution in [3.05, 3.63) is 42.5 Å². The summed E-state index contributed by atoms with van der Waals surface area (Å²) in [6.07, 6.45) is 0. The summed E-state index contributed by atoms with van der Waals surface area (Å²) in [4.78, 5) is 11.0. The highest BCUT2D eigenvalue weighted by molar-refractivity contribution is 5.86. The monoisotopic (exact) mass is 191 g/mol. The van der Waals surface area contributed by atoms with Crippen LogP contribution in [0.15, 0.2) is 42.5 Å². The minimum absolute atomic E-state index is 0.162. The molecule has 1 N–H and O–H groups in total. The number of para-hydroxylation sites is 1. The smallest absolute Gasteiger partial charge is 0.334 e. The normalized spacial score (nSPS) is 9.21. The Bertz CT molecular complexity index is 319. The summed E-state index contributed by atoms with van der Waals surface area (Å²) in [6, 6.07) is 9.53. The van der Waals surface area contributed by atoms with E-state index in [0.717, 1.165) is 5.69 Å². The lowest BCUT2D eigenvalue weighted by Crippen LogP contribution is -2.12. The van der Waals surface area contributed by atoms with Gasteiger partial charge in [0.15, 0.2) is 6.73 Å². The number of hydrogen-bond donors (Lipinski definition) is 1. The van der Waals surface area contributed by atoms with E-state index in [1.165, 1.54) is 0 Å². The summed E-state index contributed by atoms with van der Waals surface area (Å²) in [5.41, 5.74) is 1.32. The molecular weight excluding hydrogens is 178 g/mol. The molecule has 0 saturated carbocycles.